The van der Waals surface area contributed by atoms with Crippen LogP contribution < -0.4 is 5.84 Å². The molecular formula is C19H20BrN3. The molecule has 1 aliphatic heterocycles. The third-order valence-electron chi connectivity index (χ3n) is 4.80. The first-order chi connectivity index (χ1) is 11.2. The standard InChI is InChI=1S/C19H20BrN3/c20-18-13-14-5-1-2-6-15(14)19(17-8-4-3-7-16(17)18)22-9-11-23(21)12-10-22/h1-8,13,19H,9-12,21H2/t19-/m0/s1. The van der Waals surface area contributed by atoms with Gasteiger partial charge in [-0.05, 0) is 28.3 Å². The van der Waals surface area contributed by atoms with Crippen molar-refractivity contribution in [1.29, 1.82) is 0 Å². The number of benzene rings is 2. The molecule has 0 spiro atoms. The summed E-state index contributed by atoms with van der Waals surface area (Å²) >= 11 is 3.78. The molecule has 0 bridgehead atoms. The summed E-state index contributed by atoms with van der Waals surface area (Å²) in [4.78, 5) is 2.56. The molecule has 2 aliphatic rings. The van der Waals surface area contributed by atoms with Crippen molar-refractivity contribution < 1.29 is 0 Å². The Morgan fingerprint density at radius 3 is 2.30 bits per heavy atom. The topological polar surface area (TPSA) is 32.5 Å². The van der Waals surface area contributed by atoms with Gasteiger partial charge < -0.3 is 0 Å². The lowest BCUT2D eigenvalue weighted by Gasteiger charge is -2.38. The Kier molecular flexibility index (Phi) is 4.07. The molecular weight excluding hydrogens is 350 g/mol. The first-order valence-corrected chi connectivity index (χ1v) is 8.82. The van der Waals surface area contributed by atoms with Crippen molar-refractivity contribution in [3.8, 4) is 0 Å². The number of hydrazine groups is 1. The smallest absolute Gasteiger partial charge is 0.0614 e. The van der Waals surface area contributed by atoms with Crippen LogP contribution in [0.15, 0.2) is 48.5 Å². The number of nitrogens with two attached hydrogens (primary N) is 1. The van der Waals surface area contributed by atoms with Crippen molar-refractivity contribution in [2.24, 2.45) is 5.84 Å². The van der Waals surface area contributed by atoms with Gasteiger partial charge in [0.25, 0.3) is 0 Å². The zero-order valence-corrected chi connectivity index (χ0v) is 14.5. The lowest BCUT2D eigenvalue weighted by atomic mass is 9.92. The van der Waals surface area contributed by atoms with Crippen molar-refractivity contribution in [3.05, 3.63) is 70.8 Å². The van der Waals surface area contributed by atoms with Gasteiger partial charge in [-0.1, -0.05) is 64.5 Å². The highest BCUT2D eigenvalue weighted by atomic mass is 79.9. The Labute approximate surface area is 145 Å². The van der Waals surface area contributed by atoms with Crippen LogP contribution >= 0.6 is 15.9 Å². The Hall–Kier alpha value is -1.46. The second kappa shape index (κ2) is 6.21. The predicted molar refractivity (Wildman–Crippen MR) is 98.9 cm³/mol. The second-order valence-electron chi connectivity index (χ2n) is 6.18. The number of fused-ring (bicyclic) bond motifs is 2. The van der Waals surface area contributed by atoms with Gasteiger partial charge in [0.15, 0.2) is 0 Å². The van der Waals surface area contributed by atoms with E-state index in [0.717, 1.165) is 30.7 Å². The van der Waals surface area contributed by atoms with E-state index in [0.29, 0.717) is 0 Å². The molecule has 0 radical (unpaired) electrons. The van der Waals surface area contributed by atoms with Gasteiger partial charge in [0.1, 0.15) is 0 Å². The maximum absolute atomic E-state index is 5.96. The van der Waals surface area contributed by atoms with E-state index in [4.69, 9.17) is 5.84 Å². The largest absolute Gasteiger partial charge is 0.290 e. The molecule has 4 heteroatoms. The van der Waals surface area contributed by atoms with Crippen LogP contribution in [0.5, 0.6) is 0 Å². The van der Waals surface area contributed by atoms with Crippen LogP contribution in [0.2, 0.25) is 0 Å². The Morgan fingerprint density at radius 2 is 1.52 bits per heavy atom. The number of hydrogen-bond donors (Lipinski definition) is 1. The highest BCUT2D eigenvalue weighted by Crippen LogP contribution is 2.41. The molecule has 2 aromatic carbocycles. The van der Waals surface area contributed by atoms with Gasteiger partial charge in [-0.15, -0.1) is 0 Å². The number of hydrogen-bond acceptors (Lipinski definition) is 3. The minimum absolute atomic E-state index is 0.280. The van der Waals surface area contributed by atoms with E-state index in [-0.39, 0.29) is 6.04 Å². The van der Waals surface area contributed by atoms with Crippen LogP contribution in [0.1, 0.15) is 28.3 Å². The summed E-state index contributed by atoms with van der Waals surface area (Å²) in [6, 6.07) is 17.7. The van der Waals surface area contributed by atoms with E-state index in [1.165, 1.54) is 22.3 Å². The maximum atomic E-state index is 5.96. The first kappa shape index (κ1) is 15.1. The monoisotopic (exact) mass is 369 g/mol. The molecule has 1 fully saturated rings. The van der Waals surface area contributed by atoms with Crippen LogP contribution in [-0.4, -0.2) is 36.1 Å². The fourth-order valence-electron chi connectivity index (χ4n) is 3.62. The summed E-state index contributed by atoms with van der Waals surface area (Å²) in [5.41, 5.74) is 5.31. The lowest BCUT2D eigenvalue weighted by molar-refractivity contribution is 0.110. The van der Waals surface area contributed by atoms with E-state index >= 15 is 0 Å². The van der Waals surface area contributed by atoms with Crippen LogP contribution in [0.3, 0.4) is 0 Å². The van der Waals surface area contributed by atoms with Gasteiger partial charge in [0.2, 0.25) is 0 Å². The summed E-state index contributed by atoms with van der Waals surface area (Å²) in [7, 11) is 0. The normalized spacial score (nSPS) is 22.0. The third kappa shape index (κ3) is 2.76. The van der Waals surface area contributed by atoms with Gasteiger partial charge >= 0.3 is 0 Å². The molecule has 118 valence electrons. The molecule has 0 unspecified atom stereocenters. The van der Waals surface area contributed by atoms with Gasteiger partial charge in [0, 0.05) is 30.7 Å². The van der Waals surface area contributed by atoms with Crippen molar-refractivity contribution in [2.75, 3.05) is 26.2 Å². The van der Waals surface area contributed by atoms with E-state index in [9.17, 15) is 0 Å². The SMILES string of the molecule is NN1CCN([C@H]2c3ccccc3C=C(Br)c3ccccc32)CC1. The minimum Gasteiger partial charge on any atom is -0.290 e. The molecule has 23 heavy (non-hydrogen) atoms. The summed E-state index contributed by atoms with van der Waals surface area (Å²) in [5.74, 6) is 5.96. The molecule has 0 saturated carbocycles. The number of rotatable bonds is 1. The number of nitrogens with zero attached hydrogens (tertiary/aromatic N) is 2. The summed E-state index contributed by atoms with van der Waals surface area (Å²) in [5, 5.41) is 1.92. The van der Waals surface area contributed by atoms with Crippen molar-refractivity contribution in [2.45, 2.75) is 6.04 Å². The highest BCUT2D eigenvalue weighted by Gasteiger charge is 2.30. The molecule has 1 atom stereocenters. The fraction of sp³-hybridized carbons (Fsp3) is 0.263. The highest BCUT2D eigenvalue weighted by molar-refractivity contribution is 9.15. The van der Waals surface area contributed by atoms with Gasteiger partial charge in [0.05, 0.1) is 6.04 Å². The lowest BCUT2D eigenvalue weighted by Crippen LogP contribution is -2.50. The van der Waals surface area contributed by atoms with Gasteiger partial charge in [-0.3, -0.25) is 10.7 Å². The third-order valence-corrected chi connectivity index (χ3v) is 5.46. The molecule has 0 aromatic heterocycles. The second-order valence-corrected chi connectivity index (χ2v) is 7.04. The molecule has 1 aliphatic carbocycles. The predicted octanol–water partition coefficient (Wildman–Crippen LogP) is 3.47. The zero-order valence-electron chi connectivity index (χ0n) is 13.0. The van der Waals surface area contributed by atoms with Crippen LogP contribution in [-0.2, 0) is 0 Å². The van der Waals surface area contributed by atoms with Gasteiger partial charge in [-0.2, -0.15) is 0 Å². The van der Waals surface area contributed by atoms with E-state index in [2.05, 4.69) is 75.4 Å². The van der Waals surface area contributed by atoms with Crippen LogP contribution in [0.25, 0.3) is 10.6 Å². The van der Waals surface area contributed by atoms with Crippen molar-refractivity contribution in [3.63, 3.8) is 0 Å². The molecule has 3 nitrogen and oxygen atoms in total. The average molecular weight is 370 g/mol. The summed E-state index contributed by atoms with van der Waals surface area (Å²) < 4.78 is 1.15. The number of halogens is 1. The molecule has 0 amide bonds. The van der Waals surface area contributed by atoms with Crippen LogP contribution in [0.4, 0.5) is 0 Å². The Morgan fingerprint density at radius 1 is 0.870 bits per heavy atom. The molecule has 4 rings (SSSR count). The first-order valence-electron chi connectivity index (χ1n) is 8.03. The molecule has 1 heterocycles. The Bertz CT molecular complexity index is 748. The molecule has 2 N–H and O–H groups in total. The van der Waals surface area contributed by atoms with Gasteiger partial charge in [-0.25, -0.2) is 5.01 Å². The Balaban J connectivity index is 1.87. The summed E-state index contributed by atoms with van der Waals surface area (Å²) in [6.07, 6.45) is 2.24. The summed E-state index contributed by atoms with van der Waals surface area (Å²) in [6.45, 7) is 3.80. The fourth-order valence-corrected chi connectivity index (χ4v) is 4.22. The molecule has 2 aromatic rings. The van der Waals surface area contributed by atoms with Crippen molar-refractivity contribution >= 4 is 26.5 Å². The molecule has 1 saturated heterocycles. The minimum atomic E-state index is 0.280. The quantitative estimate of drug-likeness (QED) is 0.781. The van der Waals surface area contributed by atoms with E-state index in [1.54, 1.807) is 0 Å². The number of piperazine rings is 1. The maximum Gasteiger partial charge on any atom is 0.0614 e. The van der Waals surface area contributed by atoms with E-state index in [1.807, 2.05) is 5.01 Å². The average Bonchev–Trinajstić information content (AvgIpc) is 2.70. The zero-order chi connectivity index (χ0) is 15.8. The van der Waals surface area contributed by atoms with E-state index < -0.39 is 0 Å². The van der Waals surface area contributed by atoms with Crippen LogP contribution in [0, 0.1) is 0 Å². The van der Waals surface area contributed by atoms with Crippen molar-refractivity contribution in [1.82, 2.24) is 9.91 Å².